The van der Waals surface area contributed by atoms with E-state index in [1.54, 1.807) is 18.4 Å². The molecule has 0 radical (unpaired) electrons. The van der Waals surface area contributed by atoms with E-state index in [2.05, 4.69) is 61.6 Å². The quantitative estimate of drug-likeness (QED) is 0.557. The summed E-state index contributed by atoms with van der Waals surface area (Å²) in [6.45, 7) is 12.0. The number of aryl methyl sites for hydroxylation is 1. The summed E-state index contributed by atoms with van der Waals surface area (Å²) in [7, 11) is 1.74. The molecule has 1 aromatic carbocycles. The summed E-state index contributed by atoms with van der Waals surface area (Å²) in [5.74, 6) is 1.79. The standard InChI is InChI=1S/C25H32N4O2S/c1-15(2)9-17-10-18-16(11-19(17)31-6)7-8-29-22(18)21(20-12-26-14-32-20)28-23(29)24(30)27-13-25(3,4)5/h10-12,14-15H,7-9,13H2,1-6H3,(H,27,30). The molecule has 0 atom stereocenters. The number of thiazole rings is 1. The number of ether oxygens (including phenoxy) is 1. The van der Waals surface area contributed by atoms with E-state index >= 15 is 0 Å². The summed E-state index contributed by atoms with van der Waals surface area (Å²) in [6, 6.07) is 4.40. The predicted octanol–water partition coefficient (Wildman–Crippen LogP) is 5.21. The molecule has 0 fully saturated rings. The first-order valence-electron chi connectivity index (χ1n) is 11.2. The highest BCUT2D eigenvalue weighted by molar-refractivity contribution is 7.13. The molecular weight excluding hydrogens is 420 g/mol. The number of benzene rings is 1. The molecule has 6 nitrogen and oxygen atoms in total. The molecule has 1 amide bonds. The lowest BCUT2D eigenvalue weighted by atomic mass is 9.91. The molecule has 3 aromatic rings. The van der Waals surface area contributed by atoms with E-state index in [9.17, 15) is 4.79 Å². The lowest BCUT2D eigenvalue weighted by Crippen LogP contribution is -2.34. The second-order valence-corrected chi connectivity index (χ2v) is 10.9. The molecular formula is C25H32N4O2S. The molecule has 0 spiro atoms. The van der Waals surface area contributed by atoms with Crippen LogP contribution in [0.5, 0.6) is 5.75 Å². The highest BCUT2D eigenvalue weighted by Crippen LogP contribution is 2.42. The summed E-state index contributed by atoms with van der Waals surface area (Å²) < 4.78 is 7.80. The number of imidazole rings is 1. The van der Waals surface area contributed by atoms with E-state index in [4.69, 9.17) is 9.72 Å². The van der Waals surface area contributed by atoms with E-state index in [1.807, 2.05) is 11.7 Å². The first-order valence-corrected chi connectivity index (χ1v) is 12.0. The van der Waals surface area contributed by atoms with Crippen molar-refractivity contribution in [3.05, 3.63) is 40.8 Å². The minimum Gasteiger partial charge on any atom is -0.496 e. The molecule has 4 rings (SSSR count). The second kappa shape index (κ2) is 8.70. The number of fused-ring (bicyclic) bond motifs is 3. The normalized spacial score (nSPS) is 13.1. The van der Waals surface area contributed by atoms with E-state index < -0.39 is 0 Å². The molecule has 2 aromatic heterocycles. The van der Waals surface area contributed by atoms with Gasteiger partial charge in [-0.1, -0.05) is 34.6 Å². The number of aromatic nitrogens is 3. The molecule has 7 heteroatoms. The molecule has 0 aliphatic carbocycles. The Bertz CT molecular complexity index is 1120. The topological polar surface area (TPSA) is 69.0 Å². The Morgan fingerprint density at radius 3 is 2.72 bits per heavy atom. The maximum atomic E-state index is 13.1. The van der Waals surface area contributed by atoms with Gasteiger partial charge in [-0.05, 0) is 47.4 Å². The summed E-state index contributed by atoms with van der Waals surface area (Å²) in [6.07, 6.45) is 3.59. The Labute approximate surface area is 194 Å². The molecule has 0 saturated heterocycles. The van der Waals surface area contributed by atoms with Crippen LogP contribution in [0.4, 0.5) is 0 Å². The Morgan fingerprint density at radius 2 is 2.09 bits per heavy atom. The van der Waals surface area contributed by atoms with Gasteiger partial charge in [-0.25, -0.2) is 4.98 Å². The predicted molar refractivity (Wildman–Crippen MR) is 129 cm³/mol. The third kappa shape index (κ3) is 4.44. The van der Waals surface area contributed by atoms with Gasteiger partial charge < -0.3 is 14.6 Å². The minimum absolute atomic E-state index is 0.00236. The molecule has 0 unspecified atom stereocenters. The van der Waals surface area contributed by atoms with Crippen LogP contribution in [-0.4, -0.2) is 34.1 Å². The smallest absolute Gasteiger partial charge is 0.287 e. The minimum atomic E-state index is -0.128. The van der Waals surface area contributed by atoms with Gasteiger partial charge in [-0.3, -0.25) is 9.78 Å². The Kier molecular flexibility index (Phi) is 6.12. The molecule has 1 aliphatic rings. The van der Waals surface area contributed by atoms with Crippen LogP contribution in [0.3, 0.4) is 0 Å². The summed E-state index contributed by atoms with van der Waals surface area (Å²) in [5, 5.41) is 3.07. The van der Waals surface area contributed by atoms with Crippen LogP contribution in [0.25, 0.3) is 21.8 Å². The zero-order valence-electron chi connectivity index (χ0n) is 19.8. The van der Waals surface area contributed by atoms with Crippen LogP contribution in [-0.2, 0) is 19.4 Å². The zero-order chi connectivity index (χ0) is 23.0. The average Bonchev–Trinajstić information content (AvgIpc) is 3.38. The molecule has 3 heterocycles. The van der Waals surface area contributed by atoms with E-state index in [0.29, 0.717) is 24.8 Å². The number of methoxy groups -OCH3 is 1. The average molecular weight is 453 g/mol. The van der Waals surface area contributed by atoms with Crippen LogP contribution in [0, 0.1) is 11.3 Å². The Balaban J connectivity index is 1.86. The van der Waals surface area contributed by atoms with Crippen molar-refractivity contribution in [1.82, 2.24) is 19.9 Å². The number of nitrogens with one attached hydrogen (secondary N) is 1. The van der Waals surface area contributed by atoms with Gasteiger partial charge in [0.2, 0.25) is 0 Å². The number of rotatable bonds is 6. The largest absolute Gasteiger partial charge is 0.496 e. The van der Waals surface area contributed by atoms with Crippen molar-refractivity contribution in [2.24, 2.45) is 11.3 Å². The van der Waals surface area contributed by atoms with Crippen LogP contribution in [0.15, 0.2) is 23.8 Å². The second-order valence-electron chi connectivity index (χ2n) is 10.1. The van der Waals surface area contributed by atoms with Crippen LogP contribution >= 0.6 is 11.3 Å². The van der Waals surface area contributed by atoms with Crippen molar-refractivity contribution in [3.63, 3.8) is 0 Å². The number of hydrogen-bond donors (Lipinski definition) is 1. The van der Waals surface area contributed by atoms with Crippen LogP contribution < -0.4 is 10.1 Å². The molecule has 1 N–H and O–H groups in total. The number of carbonyl (C=O) groups is 1. The van der Waals surface area contributed by atoms with Crippen LogP contribution in [0.1, 0.15) is 56.4 Å². The van der Waals surface area contributed by atoms with E-state index in [1.165, 1.54) is 11.1 Å². The lowest BCUT2D eigenvalue weighted by molar-refractivity contribution is 0.0924. The fourth-order valence-corrected chi connectivity index (χ4v) is 4.77. The molecule has 170 valence electrons. The SMILES string of the molecule is COc1cc2c(cc1CC(C)C)-c1c(-c3cncs3)nc(C(=O)NCC(C)(C)C)n1CC2. The molecule has 32 heavy (non-hydrogen) atoms. The van der Waals surface area contributed by atoms with Gasteiger partial charge in [0.1, 0.15) is 11.4 Å². The fourth-order valence-electron chi connectivity index (χ4n) is 4.16. The first kappa shape index (κ1) is 22.5. The van der Waals surface area contributed by atoms with E-state index in [0.717, 1.165) is 40.4 Å². The first-order chi connectivity index (χ1) is 15.2. The number of nitrogens with zero attached hydrogens (tertiary/aromatic N) is 3. The van der Waals surface area contributed by atoms with Crippen molar-refractivity contribution in [3.8, 4) is 27.6 Å². The highest BCUT2D eigenvalue weighted by atomic mass is 32.1. The summed E-state index contributed by atoms with van der Waals surface area (Å²) >= 11 is 1.55. The van der Waals surface area contributed by atoms with Crippen molar-refractivity contribution < 1.29 is 9.53 Å². The van der Waals surface area contributed by atoms with Gasteiger partial charge in [0.25, 0.3) is 5.91 Å². The van der Waals surface area contributed by atoms with Gasteiger partial charge >= 0.3 is 0 Å². The number of amides is 1. The molecule has 0 saturated carbocycles. The monoisotopic (exact) mass is 452 g/mol. The molecule has 1 aliphatic heterocycles. The van der Waals surface area contributed by atoms with Gasteiger partial charge in [-0.15, -0.1) is 11.3 Å². The maximum absolute atomic E-state index is 13.1. The number of hydrogen-bond acceptors (Lipinski definition) is 5. The van der Waals surface area contributed by atoms with Crippen LogP contribution in [0.2, 0.25) is 0 Å². The Morgan fingerprint density at radius 1 is 1.31 bits per heavy atom. The number of carbonyl (C=O) groups excluding carboxylic acids is 1. The summed E-state index contributed by atoms with van der Waals surface area (Å²) in [5.41, 5.74) is 7.20. The van der Waals surface area contributed by atoms with E-state index in [-0.39, 0.29) is 11.3 Å². The van der Waals surface area contributed by atoms with Crippen molar-refractivity contribution in [1.29, 1.82) is 0 Å². The lowest BCUT2D eigenvalue weighted by Gasteiger charge is -2.24. The summed E-state index contributed by atoms with van der Waals surface area (Å²) in [4.78, 5) is 23.2. The Hall–Kier alpha value is -2.67. The van der Waals surface area contributed by atoms with Gasteiger partial charge in [0.05, 0.1) is 23.2 Å². The van der Waals surface area contributed by atoms with Crippen molar-refractivity contribution >= 4 is 17.2 Å². The fraction of sp³-hybridized carbons (Fsp3) is 0.480. The third-order valence-electron chi connectivity index (χ3n) is 5.61. The third-order valence-corrected chi connectivity index (χ3v) is 6.39. The van der Waals surface area contributed by atoms with Gasteiger partial charge in [-0.2, -0.15) is 0 Å². The van der Waals surface area contributed by atoms with Crippen molar-refractivity contribution in [2.75, 3.05) is 13.7 Å². The highest BCUT2D eigenvalue weighted by Gasteiger charge is 2.30. The maximum Gasteiger partial charge on any atom is 0.287 e. The molecule has 0 bridgehead atoms. The van der Waals surface area contributed by atoms with Gasteiger partial charge in [0.15, 0.2) is 5.82 Å². The van der Waals surface area contributed by atoms with Crippen molar-refractivity contribution in [2.45, 2.75) is 54.0 Å². The zero-order valence-corrected chi connectivity index (χ0v) is 20.6. The van der Waals surface area contributed by atoms with Gasteiger partial charge in [0, 0.05) is 24.8 Å².